The molecule has 0 saturated heterocycles. The zero-order chi connectivity index (χ0) is 14.4. The molecule has 0 fully saturated rings. The molecule has 1 aliphatic heterocycles. The third-order valence-corrected chi connectivity index (χ3v) is 3.66. The molecule has 1 aliphatic rings. The lowest BCUT2D eigenvalue weighted by Gasteiger charge is -2.12. The molecule has 0 radical (unpaired) electrons. The minimum atomic E-state index is -0.335. The van der Waals surface area contributed by atoms with E-state index in [9.17, 15) is 9.18 Å². The second kappa shape index (κ2) is 4.41. The lowest BCUT2D eigenvalue weighted by atomic mass is 10.1. The summed E-state index contributed by atoms with van der Waals surface area (Å²) in [6, 6.07) is 9.44. The second-order valence-electron chi connectivity index (χ2n) is 4.89. The van der Waals surface area contributed by atoms with Gasteiger partial charge in [-0.25, -0.2) is 4.39 Å². The van der Waals surface area contributed by atoms with Crippen LogP contribution in [0.5, 0.6) is 5.75 Å². The number of halogens is 1. The number of rotatable bonds is 1. The second-order valence-corrected chi connectivity index (χ2v) is 4.89. The number of benzene rings is 1. The number of hydrogen-bond acceptors (Lipinski definition) is 3. The Hall–Kier alpha value is -2.69. The minimum absolute atomic E-state index is 0.130. The Morgan fingerprint density at radius 2 is 2.00 bits per heavy atom. The first-order valence-corrected chi connectivity index (χ1v) is 6.67. The lowest BCUT2D eigenvalue weighted by molar-refractivity contribution is 0.359. The summed E-state index contributed by atoms with van der Waals surface area (Å²) in [5.41, 5.74) is 2.44. The summed E-state index contributed by atoms with van der Waals surface area (Å²) in [5, 5.41) is 0. The normalized spacial score (nSPS) is 13.2. The molecule has 0 atom stereocenters. The third kappa shape index (κ3) is 1.74. The monoisotopic (exact) mass is 282 g/mol. The van der Waals surface area contributed by atoms with Gasteiger partial charge in [-0.15, -0.1) is 0 Å². The van der Waals surface area contributed by atoms with Gasteiger partial charge >= 0.3 is 0 Å². The molecule has 0 aliphatic carbocycles. The maximum atomic E-state index is 13.1. The highest BCUT2D eigenvalue weighted by molar-refractivity contribution is 5.84. The first-order chi connectivity index (χ1) is 10.3. The van der Waals surface area contributed by atoms with E-state index in [-0.39, 0.29) is 11.4 Å². The van der Waals surface area contributed by atoms with Gasteiger partial charge in [-0.1, -0.05) is 0 Å². The number of fused-ring (bicyclic) bond motifs is 3. The van der Waals surface area contributed by atoms with Gasteiger partial charge in [0, 0.05) is 18.3 Å². The standard InChI is InChI=1S/C16H11FN2O2/c17-10-3-5-11(6-4-10)19-13-2-1-8-18-14(13)15-12(16(19)20)7-9-21-15/h1-6,8H,7,9H2. The van der Waals surface area contributed by atoms with Crippen molar-refractivity contribution in [1.82, 2.24) is 9.55 Å². The van der Waals surface area contributed by atoms with Crippen LogP contribution in [0, 0.1) is 5.82 Å². The van der Waals surface area contributed by atoms with Crippen molar-refractivity contribution in [3.8, 4) is 11.4 Å². The fraction of sp³-hybridized carbons (Fsp3) is 0.125. The predicted molar refractivity (Wildman–Crippen MR) is 76.5 cm³/mol. The molecule has 1 aromatic carbocycles. The van der Waals surface area contributed by atoms with Crippen molar-refractivity contribution in [2.24, 2.45) is 0 Å². The fourth-order valence-corrected chi connectivity index (χ4v) is 2.71. The molecule has 4 nitrogen and oxygen atoms in total. The maximum absolute atomic E-state index is 13.1. The SMILES string of the molecule is O=c1c2c(c3ncccc3n1-c1ccc(F)cc1)OCC2. The summed E-state index contributed by atoms with van der Waals surface area (Å²) < 4.78 is 20.2. The Bertz CT molecular complexity index is 901. The largest absolute Gasteiger partial charge is 0.490 e. The van der Waals surface area contributed by atoms with Crippen LogP contribution in [0.3, 0.4) is 0 Å². The molecule has 0 amide bonds. The summed E-state index contributed by atoms with van der Waals surface area (Å²) in [6.45, 7) is 0.490. The van der Waals surface area contributed by atoms with Gasteiger partial charge in [0.15, 0.2) is 5.75 Å². The van der Waals surface area contributed by atoms with E-state index in [1.165, 1.54) is 12.1 Å². The molecule has 21 heavy (non-hydrogen) atoms. The molecule has 0 N–H and O–H groups in total. The van der Waals surface area contributed by atoms with Crippen molar-refractivity contribution < 1.29 is 9.13 Å². The summed E-state index contributed by atoms with van der Waals surface area (Å²) in [4.78, 5) is 17.1. The molecule has 0 bridgehead atoms. The number of aromatic nitrogens is 2. The summed E-state index contributed by atoms with van der Waals surface area (Å²) >= 11 is 0. The Labute approximate surface area is 119 Å². The molecule has 0 saturated carbocycles. The van der Waals surface area contributed by atoms with Crippen LogP contribution >= 0.6 is 0 Å². The van der Waals surface area contributed by atoms with Gasteiger partial charge < -0.3 is 4.74 Å². The van der Waals surface area contributed by atoms with E-state index in [0.29, 0.717) is 41.1 Å². The number of pyridine rings is 2. The Kier molecular flexibility index (Phi) is 2.54. The smallest absolute Gasteiger partial charge is 0.262 e. The summed E-state index contributed by atoms with van der Waals surface area (Å²) in [7, 11) is 0. The number of nitrogens with zero attached hydrogens (tertiary/aromatic N) is 2. The van der Waals surface area contributed by atoms with Crippen molar-refractivity contribution in [3.05, 3.63) is 64.3 Å². The van der Waals surface area contributed by atoms with Crippen LogP contribution in [0.1, 0.15) is 5.56 Å². The fourth-order valence-electron chi connectivity index (χ4n) is 2.71. The van der Waals surface area contributed by atoms with Crippen LogP contribution in [0.4, 0.5) is 4.39 Å². The molecule has 4 rings (SSSR count). The van der Waals surface area contributed by atoms with Gasteiger partial charge in [0.25, 0.3) is 5.56 Å². The van der Waals surface area contributed by atoms with Gasteiger partial charge in [0.2, 0.25) is 0 Å². The molecule has 2 aromatic heterocycles. The van der Waals surface area contributed by atoms with E-state index in [2.05, 4.69) is 4.98 Å². The lowest BCUT2D eigenvalue weighted by Crippen LogP contribution is -2.22. The summed E-state index contributed by atoms with van der Waals surface area (Å²) in [6.07, 6.45) is 2.24. The quantitative estimate of drug-likeness (QED) is 0.688. The summed E-state index contributed by atoms with van der Waals surface area (Å²) in [5.74, 6) is 0.243. The highest BCUT2D eigenvalue weighted by Gasteiger charge is 2.23. The van der Waals surface area contributed by atoms with Crippen LogP contribution in [0.2, 0.25) is 0 Å². The highest BCUT2D eigenvalue weighted by atomic mass is 19.1. The predicted octanol–water partition coefficient (Wildman–Crippen LogP) is 2.46. The van der Waals surface area contributed by atoms with Crippen molar-refractivity contribution in [3.63, 3.8) is 0 Å². The zero-order valence-corrected chi connectivity index (χ0v) is 11.0. The average molecular weight is 282 g/mol. The zero-order valence-electron chi connectivity index (χ0n) is 11.0. The third-order valence-electron chi connectivity index (χ3n) is 3.66. The first-order valence-electron chi connectivity index (χ1n) is 6.67. The van der Waals surface area contributed by atoms with E-state index in [4.69, 9.17) is 4.74 Å². The van der Waals surface area contributed by atoms with Crippen LogP contribution in [-0.4, -0.2) is 16.2 Å². The van der Waals surface area contributed by atoms with E-state index in [1.807, 2.05) is 6.07 Å². The molecule has 0 spiro atoms. The Morgan fingerprint density at radius 1 is 1.19 bits per heavy atom. The highest BCUT2D eigenvalue weighted by Crippen LogP contribution is 2.31. The van der Waals surface area contributed by atoms with E-state index in [0.717, 1.165) is 0 Å². The molecule has 5 heteroatoms. The average Bonchev–Trinajstić information content (AvgIpc) is 2.99. The van der Waals surface area contributed by atoms with Gasteiger partial charge in [-0.3, -0.25) is 14.3 Å². The minimum Gasteiger partial charge on any atom is -0.490 e. The van der Waals surface area contributed by atoms with Crippen molar-refractivity contribution in [1.29, 1.82) is 0 Å². The van der Waals surface area contributed by atoms with Crippen LogP contribution in [0.15, 0.2) is 47.4 Å². The van der Waals surface area contributed by atoms with Crippen LogP contribution in [0.25, 0.3) is 16.7 Å². The van der Waals surface area contributed by atoms with Crippen molar-refractivity contribution >= 4 is 11.0 Å². The molecule has 0 unspecified atom stereocenters. The Balaban J connectivity index is 2.14. The maximum Gasteiger partial charge on any atom is 0.262 e. The molecular formula is C16H11FN2O2. The van der Waals surface area contributed by atoms with Crippen LogP contribution in [-0.2, 0) is 6.42 Å². The molecule has 3 aromatic rings. The van der Waals surface area contributed by atoms with Gasteiger partial charge in [-0.2, -0.15) is 0 Å². The van der Waals surface area contributed by atoms with Crippen molar-refractivity contribution in [2.45, 2.75) is 6.42 Å². The number of ether oxygens (including phenoxy) is 1. The van der Waals surface area contributed by atoms with E-state index < -0.39 is 0 Å². The van der Waals surface area contributed by atoms with E-state index >= 15 is 0 Å². The Morgan fingerprint density at radius 3 is 2.81 bits per heavy atom. The first kappa shape index (κ1) is 12.1. The van der Waals surface area contributed by atoms with Gasteiger partial charge in [0.1, 0.15) is 11.3 Å². The molecule has 3 heterocycles. The van der Waals surface area contributed by atoms with Gasteiger partial charge in [0.05, 0.1) is 17.7 Å². The number of hydrogen-bond donors (Lipinski definition) is 0. The topological polar surface area (TPSA) is 44.1 Å². The molecular weight excluding hydrogens is 271 g/mol. The molecule has 104 valence electrons. The van der Waals surface area contributed by atoms with Gasteiger partial charge in [-0.05, 0) is 36.4 Å². The van der Waals surface area contributed by atoms with Crippen molar-refractivity contribution in [2.75, 3.05) is 6.61 Å². The van der Waals surface area contributed by atoms with Crippen LogP contribution < -0.4 is 10.3 Å². The van der Waals surface area contributed by atoms with E-state index in [1.54, 1.807) is 29.0 Å².